The molecule has 1 heterocycles. The fraction of sp³-hybridized carbons (Fsp3) is 0.231. The van der Waals surface area contributed by atoms with Gasteiger partial charge in [0.05, 0.1) is 0 Å². The van der Waals surface area contributed by atoms with E-state index in [1.54, 1.807) is 17.9 Å². The van der Waals surface area contributed by atoms with Gasteiger partial charge in [-0.05, 0) is 30.7 Å². The van der Waals surface area contributed by atoms with E-state index >= 15 is 0 Å². The Morgan fingerprint density at radius 3 is 2.67 bits per heavy atom. The van der Waals surface area contributed by atoms with Crippen LogP contribution >= 0.6 is 0 Å². The summed E-state index contributed by atoms with van der Waals surface area (Å²) in [7, 11) is 1.79. The third kappa shape index (κ3) is 2.61. The second-order valence-corrected chi connectivity index (χ2v) is 4.00. The number of carbonyl (C=O) groups excluding carboxylic acids is 1. The Morgan fingerprint density at radius 1 is 1.28 bits per heavy atom. The van der Waals surface area contributed by atoms with Gasteiger partial charge in [0.2, 0.25) is 0 Å². The van der Waals surface area contributed by atoms with Crippen LogP contribution in [0.5, 0.6) is 0 Å². The van der Waals surface area contributed by atoms with Crippen LogP contribution in [0.1, 0.15) is 22.5 Å². The van der Waals surface area contributed by atoms with E-state index in [0.717, 1.165) is 17.8 Å². The summed E-state index contributed by atoms with van der Waals surface area (Å²) in [5.74, 6) is -2.16. The zero-order valence-electron chi connectivity index (χ0n) is 9.86. The monoisotopic (exact) mass is 250 g/mol. The first-order chi connectivity index (χ1) is 8.58. The Morgan fingerprint density at radius 2 is 2.06 bits per heavy atom. The van der Waals surface area contributed by atoms with Crippen LogP contribution in [0.3, 0.4) is 0 Å². The molecule has 1 aromatic carbocycles. The second-order valence-electron chi connectivity index (χ2n) is 4.00. The predicted molar refractivity (Wildman–Crippen MR) is 62.2 cm³/mol. The van der Waals surface area contributed by atoms with Gasteiger partial charge in [0, 0.05) is 30.9 Å². The Kier molecular flexibility index (Phi) is 3.50. The number of benzene rings is 1. The molecule has 0 radical (unpaired) electrons. The number of carbonyl (C=O) groups is 1. The van der Waals surface area contributed by atoms with Gasteiger partial charge in [-0.1, -0.05) is 0 Å². The summed E-state index contributed by atoms with van der Waals surface area (Å²) in [6.07, 6.45) is 2.41. The topological polar surface area (TPSA) is 34.9 Å². The van der Waals surface area contributed by atoms with Crippen LogP contribution in [0.15, 0.2) is 30.5 Å². The number of rotatable bonds is 4. The Labute approximate surface area is 103 Å². The van der Waals surface area contributed by atoms with E-state index in [1.165, 1.54) is 6.07 Å². The van der Waals surface area contributed by atoms with E-state index in [0.29, 0.717) is 6.42 Å². The van der Waals surface area contributed by atoms with Crippen LogP contribution in [0.2, 0.25) is 0 Å². The minimum absolute atomic E-state index is 0.191. The van der Waals surface area contributed by atoms with E-state index in [9.17, 15) is 13.6 Å². The summed E-state index contributed by atoms with van der Waals surface area (Å²) in [4.78, 5) is 11.8. The Bertz CT molecular complexity index is 578. The fourth-order valence-electron chi connectivity index (χ4n) is 1.70. The molecule has 0 atom stereocenters. The van der Waals surface area contributed by atoms with Crippen molar-refractivity contribution in [1.82, 2.24) is 9.78 Å². The lowest BCUT2D eigenvalue weighted by molar-refractivity contribution is 0.0981. The van der Waals surface area contributed by atoms with Gasteiger partial charge in [-0.2, -0.15) is 5.10 Å². The van der Waals surface area contributed by atoms with Crippen LogP contribution in [0.4, 0.5) is 8.78 Å². The predicted octanol–water partition coefficient (Wildman–Crippen LogP) is 2.51. The summed E-state index contributed by atoms with van der Waals surface area (Å²) < 4.78 is 27.4. The van der Waals surface area contributed by atoms with Gasteiger partial charge in [0.25, 0.3) is 0 Å². The fourth-order valence-corrected chi connectivity index (χ4v) is 1.70. The van der Waals surface area contributed by atoms with Gasteiger partial charge in [-0.15, -0.1) is 0 Å². The lowest BCUT2D eigenvalue weighted by Crippen LogP contribution is -2.05. The molecule has 0 saturated carbocycles. The third-order valence-electron chi connectivity index (χ3n) is 2.77. The van der Waals surface area contributed by atoms with Crippen molar-refractivity contribution in [3.05, 3.63) is 53.4 Å². The summed E-state index contributed by atoms with van der Waals surface area (Å²) in [6.45, 7) is 0. The van der Waals surface area contributed by atoms with Crippen LogP contribution in [0.25, 0.3) is 0 Å². The number of aromatic nitrogens is 2. The molecule has 2 rings (SSSR count). The molecule has 0 aliphatic carbocycles. The number of hydrogen-bond acceptors (Lipinski definition) is 2. The molecule has 0 bridgehead atoms. The first kappa shape index (κ1) is 12.4. The summed E-state index contributed by atoms with van der Waals surface area (Å²) in [5, 5.41) is 3.99. The van der Waals surface area contributed by atoms with Crippen molar-refractivity contribution in [2.24, 2.45) is 7.05 Å². The SMILES string of the molecule is Cn1nccc1CCC(=O)c1ccc(F)c(F)c1. The molecule has 0 amide bonds. The number of hydrogen-bond donors (Lipinski definition) is 0. The minimum atomic E-state index is -0.999. The van der Waals surface area contributed by atoms with Gasteiger partial charge in [-0.25, -0.2) is 8.78 Å². The van der Waals surface area contributed by atoms with Gasteiger partial charge in [-0.3, -0.25) is 9.48 Å². The van der Waals surface area contributed by atoms with E-state index in [2.05, 4.69) is 5.10 Å². The minimum Gasteiger partial charge on any atom is -0.294 e. The van der Waals surface area contributed by atoms with E-state index in [1.807, 2.05) is 6.07 Å². The molecule has 18 heavy (non-hydrogen) atoms. The number of halogens is 2. The van der Waals surface area contributed by atoms with Gasteiger partial charge < -0.3 is 0 Å². The van der Waals surface area contributed by atoms with Crippen LogP contribution in [-0.4, -0.2) is 15.6 Å². The molecule has 2 aromatic rings. The molecular formula is C13H12F2N2O. The van der Waals surface area contributed by atoms with E-state index in [4.69, 9.17) is 0 Å². The average molecular weight is 250 g/mol. The van der Waals surface area contributed by atoms with E-state index in [-0.39, 0.29) is 17.8 Å². The molecule has 0 aliphatic heterocycles. The van der Waals surface area contributed by atoms with Crippen molar-refractivity contribution in [3.8, 4) is 0 Å². The molecule has 0 saturated heterocycles. The second kappa shape index (κ2) is 5.08. The molecule has 0 N–H and O–H groups in total. The smallest absolute Gasteiger partial charge is 0.163 e. The van der Waals surface area contributed by atoms with Crippen molar-refractivity contribution in [2.45, 2.75) is 12.8 Å². The molecule has 0 unspecified atom stereocenters. The summed E-state index contributed by atoms with van der Waals surface area (Å²) in [5.41, 5.74) is 1.11. The van der Waals surface area contributed by atoms with Crippen molar-refractivity contribution in [3.63, 3.8) is 0 Å². The maximum absolute atomic E-state index is 13.0. The quantitative estimate of drug-likeness (QED) is 0.781. The molecular weight excluding hydrogens is 238 g/mol. The molecule has 5 heteroatoms. The van der Waals surface area contributed by atoms with Crippen molar-refractivity contribution in [1.29, 1.82) is 0 Å². The number of Topliss-reactive ketones (excluding diaryl/α,β-unsaturated/α-hetero) is 1. The van der Waals surface area contributed by atoms with Gasteiger partial charge in [0.15, 0.2) is 17.4 Å². The lowest BCUT2D eigenvalue weighted by Gasteiger charge is -2.03. The summed E-state index contributed by atoms with van der Waals surface area (Å²) in [6, 6.07) is 5.01. The first-order valence-corrected chi connectivity index (χ1v) is 5.53. The molecule has 1 aromatic heterocycles. The first-order valence-electron chi connectivity index (χ1n) is 5.53. The maximum Gasteiger partial charge on any atom is 0.163 e. The number of ketones is 1. The van der Waals surface area contributed by atoms with Gasteiger partial charge in [0.1, 0.15) is 0 Å². The normalized spacial score (nSPS) is 10.6. The largest absolute Gasteiger partial charge is 0.294 e. The molecule has 0 aliphatic rings. The Balaban J connectivity index is 2.04. The Hall–Kier alpha value is -2.04. The van der Waals surface area contributed by atoms with Crippen LogP contribution in [0, 0.1) is 11.6 Å². The highest BCUT2D eigenvalue weighted by atomic mass is 19.2. The van der Waals surface area contributed by atoms with Crippen molar-refractivity contribution >= 4 is 5.78 Å². The lowest BCUT2D eigenvalue weighted by atomic mass is 10.1. The molecule has 94 valence electrons. The average Bonchev–Trinajstić information content (AvgIpc) is 2.75. The summed E-state index contributed by atoms with van der Waals surface area (Å²) >= 11 is 0. The van der Waals surface area contributed by atoms with Gasteiger partial charge >= 0.3 is 0 Å². The highest BCUT2D eigenvalue weighted by Gasteiger charge is 2.10. The van der Waals surface area contributed by atoms with Crippen molar-refractivity contribution < 1.29 is 13.6 Å². The zero-order valence-corrected chi connectivity index (χ0v) is 9.86. The highest BCUT2D eigenvalue weighted by molar-refractivity contribution is 5.96. The highest BCUT2D eigenvalue weighted by Crippen LogP contribution is 2.12. The maximum atomic E-state index is 13.0. The van der Waals surface area contributed by atoms with E-state index < -0.39 is 11.6 Å². The van der Waals surface area contributed by atoms with Crippen LogP contribution in [-0.2, 0) is 13.5 Å². The molecule has 0 spiro atoms. The molecule has 0 fully saturated rings. The number of aryl methyl sites for hydroxylation is 2. The van der Waals surface area contributed by atoms with Crippen LogP contribution < -0.4 is 0 Å². The molecule has 3 nitrogen and oxygen atoms in total. The third-order valence-corrected chi connectivity index (χ3v) is 2.77. The van der Waals surface area contributed by atoms with Crippen molar-refractivity contribution in [2.75, 3.05) is 0 Å². The standard InChI is InChI=1S/C13H12F2N2O/c1-17-10(6-7-16-17)3-5-13(18)9-2-4-11(14)12(15)8-9/h2,4,6-8H,3,5H2,1H3. The zero-order chi connectivity index (χ0) is 13.1. The number of nitrogens with zero attached hydrogens (tertiary/aromatic N) is 2.